The Hall–Kier alpha value is -4.14. The van der Waals surface area contributed by atoms with E-state index in [-0.39, 0.29) is 24.0 Å². The molecule has 0 aliphatic carbocycles. The molecule has 0 aliphatic rings. The van der Waals surface area contributed by atoms with Crippen LogP contribution < -0.4 is 10.6 Å². The van der Waals surface area contributed by atoms with Crippen molar-refractivity contribution in [2.24, 2.45) is 0 Å². The van der Waals surface area contributed by atoms with Crippen LogP contribution in [-0.2, 0) is 12.7 Å². The van der Waals surface area contributed by atoms with E-state index in [4.69, 9.17) is 0 Å². The molecule has 2 amide bonds. The van der Waals surface area contributed by atoms with E-state index in [1.54, 1.807) is 25.1 Å². The molecule has 9 heteroatoms. The van der Waals surface area contributed by atoms with Crippen LogP contribution in [0.1, 0.15) is 18.2 Å². The number of alkyl halides is 3. The minimum Gasteiger partial charge on any atom is -0.334 e. The molecule has 0 unspecified atom stereocenters. The van der Waals surface area contributed by atoms with Gasteiger partial charge in [-0.3, -0.25) is 4.98 Å². The van der Waals surface area contributed by atoms with Crippen LogP contribution in [0.5, 0.6) is 0 Å². The van der Waals surface area contributed by atoms with Gasteiger partial charge in [-0.1, -0.05) is 49.1 Å². The van der Waals surface area contributed by atoms with Crippen LogP contribution in [0.4, 0.5) is 18.0 Å². The fourth-order valence-corrected chi connectivity index (χ4v) is 3.02. The summed E-state index contributed by atoms with van der Waals surface area (Å²) in [5.74, 6) is 0. The summed E-state index contributed by atoms with van der Waals surface area (Å²) in [5.41, 5.74) is 1.39. The van der Waals surface area contributed by atoms with Gasteiger partial charge in [-0.05, 0) is 42.3 Å². The smallest absolute Gasteiger partial charge is 0.334 e. The largest absolute Gasteiger partial charge is 0.433 e. The molecular weight excluding hydrogens is 443 g/mol. The number of nitrogens with zero attached hydrogens (tertiary/aromatic N) is 3. The maximum atomic E-state index is 13.7. The maximum Gasteiger partial charge on any atom is 0.433 e. The fraction of sp³-hybridized carbons (Fsp3) is 0.160. The predicted octanol–water partition coefficient (Wildman–Crippen LogP) is 5.44. The second-order valence-electron chi connectivity index (χ2n) is 7.29. The van der Waals surface area contributed by atoms with Crippen LogP contribution in [0.3, 0.4) is 0 Å². The molecule has 0 atom stereocenters. The van der Waals surface area contributed by atoms with E-state index in [2.05, 4.69) is 27.3 Å². The van der Waals surface area contributed by atoms with Crippen LogP contribution in [-0.4, -0.2) is 27.3 Å². The summed E-state index contributed by atoms with van der Waals surface area (Å²) in [6.07, 6.45) is 2.91. The number of pyridine rings is 1. The second kappa shape index (κ2) is 11.1. The molecule has 3 aromatic rings. The third-order valence-electron chi connectivity index (χ3n) is 4.76. The van der Waals surface area contributed by atoms with Crippen molar-refractivity contribution < 1.29 is 18.0 Å². The highest BCUT2D eigenvalue weighted by atomic mass is 19.4. The van der Waals surface area contributed by atoms with Crippen molar-refractivity contribution >= 4 is 11.7 Å². The summed E-state index contributed by atoms with van der Waals surface area (Å²) in [6, 6.07) is 13.3. The highest BCUT2D eigenvalue weighted by molar-refractivity contribution is 5.74. The first-order valence-electron chi connectivity index (χ1n) is 10.4. The maximum absolute atomic E-state index is 13.7. The van der Waals surface area contributed by atoms with E-state index in [1.807, 2.05) is 30.3 Å². The number of benzene rings is 1. The highest BCUT2D eigenvalue weighted by Gasteiger charge is 2.36. The van der Waals surface area contributed by atoms with Gasteiger partial charge in [-0.2, -0.15) is 18.3 Å². The van der Waals surface area contributed by atoms with Crippen molar-refractivity contribution in [1.29, 1.82) is 0 Å². The first-order valence-corrected chi connectivity index (χ1v) is 10.4. The lowest BCUT2D eigenvalue weighted by Crippen LogP contribution is -2.35. The van der Waals surface area contributed by atoms with Crippen molar-refractivity contribution in [3.05, 3.63) is 103 Å². The lowest BCUT2D eigenvalue weighted by Gasteiger charge is -2.11. The number of hydrogen-bond donors (Lipinski definition) is 2. The summed E-state index contributed by atoms with van der Waals surface area (Å²) in [7, 11) is 0. The molecule has 0 bridgehead atoms. The van der Waals surface area contributed by atoms with Crippen LogP contribution in [0.15, 0.2) is 91.3 Å². The van der Waals surface area contributed by atoms with Crippen molar-refractivity contribution in [1.82, 2.24) is 25.4 Å². The zero-order chi connectivity index (χ0) is 24.6. The zero-order valence-electron chi connectivity index (χ0n) is 18.5. The Kier molecular flexibility index (Phi) is 8.02. The molecule has 2 aromatic heterocycles. The van der Waals surface area contributed by atoms with E-state index in [1.165, 1.54) is 24.5 Å². The molecule has 0 aliphatic heterocycles. The third kappa shape index (κ3) is 6.68. The molecule has 1 aromatic carbocycles. The molecule has 0 saturated carbocycles. The first-order chi connectivity index (χ1) is 16.3. The Labute approximate surface area is 195 Å². The SMILES string of the molecule is C=C(/C=C\C(=C/C)n1nc(-c2cccnc2)cc1C(F)(F)F)CNC(=O)NCc1ccccc1. The molecule has 176 valence electrons. The first kappa shape index (κ1) is 24.5. The lowest BCUT2D eigenvalue weighted by molar-refractivity contribution is -0.142. The average molecular weight is 467 g/mol. The number of allylic oxidation sites excluding steroid dienone is 3. The number of halogens is 3. The number of hydrogen-bond acceptors (Lipinski definition) is 3. The number of amides is 2. The van der Waals surface area contributed by atoms with Gasteiger partial charge in [0, 0.05) is 31.0 Å². The molecule has 0 radical (unpaired) electrons. The molecule has 0 saturated heterocycles. The number of rotatable bonds is 8. The highest BCUT2D eigenvalue weighted by Crippen LogP contribution is 2.34. The summed E-state index contributed by atoms with van der Waals surface area (Å²) in [6.45, 7) is 5.96. The summed E-state index contributed by atoms with van der Waals surface area (Å²) < 4.78 is 41.9. The lowest BCUT2D eigenvalue weighted by atomic mass is 10.2. The normalized spacial score (nSPS) is 12.1. The van der Waals surface area contributed by atoms with Crippen molar-refractivity contribution in [3.8, 4) is 11.3 Å². The van der Waals surface area contributed by atoms with E-state index in [0.29, 0.717) is 17.7 Å². The number of carbonyl (C=O) groups excluding carboxylic acids is 1. The van der Waals surface area contributed by atoms with E-state index in [9.17, 15) is 18.0 Å². The van der Waals surface area contributed by atoms with Crippen LogP contribution >= 0.6 is 0 Å². The van der Waals surface area contributed by atoms with Gasteiger partial charge >= 0.3 is 12.2 Å². The van der Waals surface area contributed by atoms with Crippen LogP contribution in [0.25, 0.3) is 17.0 Å². The predicted molar refractivity (Wildman–Crippen MR) is 125 cm³/mol. The molecule has 2 N–H and O–H groups in total. The van der Waals surface area contributed by atoms with Crippen LogP contribution in [0, 0.1) is 0 Å². The summed E-state index contributed by atoms with van der Waals surface area (Å²) in [4.78, 5) is 15.9. The van der Waals surface area contributed by atoms with Crippen molar-refractivity contribution in [3.63, 3.8) is 0 Å². The topological polar surface area (TPSA) is 71.8 Å². The van der Waals surface area contributed by atoms with Crippen molar-refractivity contribution in [2.45, 2.75) is 19.6 Å². The van der Waals surface area contributed by atoms with E-state index in [0.717, 1.165) is 16.3 Å². The molecule has 0 spiro atoms. The van der Waals surface area contributed by atoms with Gasteiger partial charge in [-0.25, -0.2) is 9.48 Å². The summed E-state index contributed by atoms with van der Waals surface area (Å²) in [5, 5.41) is 9.54. The molecule has 0 fully saturated rings. The number of aromatic nitrogens is 3. The van der Waals surface area contributed by atoms with E-state index >= 15 is 0 Å². The Morgan fingerprint density at radius 2 is 1.88 bits per heavy atom. The van der Waals surface area contributed by atoms with Gasteiger partial charge in [0.15, 0.2) is 0 Å². The minimum atomic E-state index is -4.61. The third-order valence-corrected chi connectivity index (χ3v) is 4.76. The Balaban J connectivity index is 1.66. The van der Waals surface area contributed by atoms with Gasteiger partial charge < -0.3 is 10.6 Å². The average Bonchev–Trinajstić information content (AvgIpc) is 3.29. The number of carbonyl (C=O) groups is 1. The molecule has 2 heterocycles. The monoisotopic (exact) mass is 467 g/mol. The molecular formula is C25H24F3N5O. The second-order valence-corrected chi connectivity index (χ2v) is 7.29. The number of urea groups is 1. The molecule has 6 nitrogen and oxygen atoms in total. The van der Waals surface area contributed by atoms with E-state index < -0.39 is 11.9 Å². The standard InChI is InChI=1S/C25H24F3N5O/c1-3-21(12-11-18(2)15-30-24(34)31-16-19-8-5-4-6-9-19)33-23(25(26,27)28)14-22(32-33)20-10-7-13-29-17-20/h3-14,17H,2,15-16H2,1H3,(H2,30,31,34)/b12-11-,21-3+. The minimum absolute atomic E-state index is 0.125. The van der Waals surface area contributed by atoms with Gasteiger partial charge in [0.25, 0.3) is 0 Å². The Bertz CT molecular complexity index is 1180. The zero-order valence-corrected chi connectivity index (χ0v) is 18.5. The Morgan fingerprint density at radius 1 is 1.12 bits per heavy atom. The van der Waals surface area contributed by atoms with Gasteiger partial charge in [0.1, 0.15) is 5.69 Å². The van der Waals surface area contributed by atoms with Crippen LogP contribution in [0.2, 0.25) is 0 Å². The van der Waals surface area contributed by atoms with Crippen molar-refractivity contribution in [2.75, 3.05) is 6.54 Å². The quantitative estimate of drug-likeness (QED) is 0.434. The van der Waals surface area contributed by atoms with Gasteiger partial charge in [0.2, 0.25) is 0 Å². The summed E-state index contributed by atoms with van der Waals surface area (Å²) >= 11 is 0. The molecule has 3 rings (SSSR count). The Morgan fingerprint density at radius 3 is 2.53 bits per heavy atom. The van der Waals surface area contributed by atoms with Gasteiger partial charge in [0.05, 0.1) is 11.4 Å². The molecule has 34 heavy (non-hydrogen) atoms. The number of nitrogens with one attached hydrogen (secondary N) is 2. The fourth-order valence-electron chi connectivity index (χ4n) is 3.02. The van der Waals surface area contributed by atoms with Gasteiger partial charge in [-0.15, -0.1) is 0 Å².